The summed E-state index contributed by atoms with van der Waals surface area (Å²) in [6, 6.07) is 7.57. The monoisotopic (exact) mass is 404 g/mol. The molecule has 152 valence electrons. The van der Waals surface area contributed by atoms with Crippen LogP contribution >= 0.6 is 11.6 Å². The van der Waals surface area contributed by atoms with E-state index < -0.39 is 0 Å². The van der Waals surface area contributed by atoms with Crippen molar-refractivity contribution in [3.63, 3.8) is 0 Å². The first-order valence-electron chi connectivity index (χ1n) is 9.39. The molecule has 0 atom stereocenters. The van der Waals surface area contributed by atoms with Crippen LogP contribution in [-0.2, 0) is 9.53 Å². The zero-order valence-electron chi connectivity index (χ0n) is 16.7. The van der Waals surface area contributed by atoms with Gasteiger partial charge in [0.25, 0.3) is 0 Å². The lowest BCUT2D eigenvalue weighted by molar-refractivity contribution is -0.130. The molecule has 1 saturated heterocycles. The Morgan fingerprint density at radius 3 is 2.57 bits per heavy atom. The third kappa shape index (κ3) is 6.02. The van der Waals surface area contributed by atoms with E-state index in [1.165, 1.54) is 5.70 Å². The number of amides is 1. The molecule has 6 nitrogen and oxygen atoms in total. The number of carbonyl (C=O) groups excluding carboxylic acids is 1. The molecule has 1 N–H and O–H groups in total. The van der Waals surface area contributed by atoms with E-state index in [1.807, 2.05) is 42.2 Å². The average molecular weight is 405 g/mol. The topological polar surface area (TPSA) is 57.2 Å². The van der Waals surface area contributed by atoms with Gasteiger partial charge in [-0.15, -0.1) is 11.6 Å². The maximum atomic E-state index is 12.6. The zero-order chi connectivity index (χ0) is 20.4. The second-order valence-corrected chi connectivity index (χ2v) is 6.66. The number of hydrogen-bond donors (Lipinski definition) is 1. The first kappa shape index (κ1) is 21.8. The van der Waals surface area contributed by atoms with Gasteiger partial charge < -0.3 is 19.9 Å². The van der Waals surface area contributed by atoms with Crippen molar-refractivity contribution < 1.29 is 9.53 Å². The van der Waals surface area contributed by atoms with Crippen LogP contribution in [0.15, 0.2) is 52.9 Å². The fourth-order valence-electron chi connectivity index (χ4n) is 3.13. The number of ether oxygens (including phenoxy) is 1. The Balaban J connectivity index is 1.84. The molecule has 0 unspecified atom stereocenters. The van der Waals surface area contributed by atoms with Crippen molar-refractivity contribution in [1.29, 1.82) is 0 Å². The first-order chi connectivity index (χ1) is 13.6. The number of rotatable bonds is 9. The second-order valence-electron chi connectivity index (χ2n) is 6.39. The van der Waals surface area contributed by atoms with E-state index in [4.69, 9.17) is 16.3 Å². The normalized spacial score (nSPS) is 15.4. The third-order valence-corrected chi connectivity index (χ3v) is 5.07. The van der Waals surface area contributed by atoms with Gasteiger partial charge in [0.1, 0.15) is 5.76 Å². The average Bonchev–Trinajstić information content (AvgIpc) is 2.75. The predicted molar refractivity (Wildman–Crippen MR) is 116 cm³/mol. The Kier molecular flexibility index (Phi) is 8.88. The van der Waals surface area contributed by atoms with Crippen LogP contribution in [0.4, 0.5) is 11.4 Å². The first-order valence-corrected chi connectivity index (χ1v) is 9.92. The molecule has 1 aliphatic heterocycles. The number of para-hydroxylation sites is 2. The Morgan fingerprint density at radius 1 is 1.29 bits per heavy atom. The third-order valence-electron chi connectivity index (χ3n) is 4.81. The summed E-state index contributed by atoms with van der Waals surface area (Å²) in [5.41, 5.74) is 2.79. The predicted octanol–water partition coefficient (Wildman–Crippen LogP) is 3.64. The summed E-state index contributed by atoms with van der Waals surface area (Å²) in [6.45, 7) is 8.88. The number of nitrogens with zero attached hydrogens (tertiary/aromatic N) is 3. The molecule has 0 aliphatic carbocycles. The SMILES string of the molecule is C=Nc1ccccc1NCC(=O)N1CCN(/C(=C/C)C/C=C(\CCl)OC)CC1. The van der Waals surface area contributed by atoms with Crippen LogP contribution in [0.25, 0.3) is 0 Å². The van der Waals surface area contributed by atoms with Crippen molar-refractivity contribution in [2.45, 2.75) is 13.3 Å². The molecule has 2 rings (SSSR count). The molecule has 0 bridgehead atoms. The zero-order valence-corrected chi connectivity index (χ0v) is 17.4. The van der Waals surface area contributed by atoms with Crippen molar-refractivity contribution in [1.82, 2.24) is 9.80 Å². The van der Waals surface area contributed by atoms with E-state index >= 15 is 0 Å². The summed E-state index contributed by atoms with van der Waals surface area (Å²) in [5, 5.41) is 3.17. The van der Waals surface area contributed by atoms with Gasteiger partial charge in [-0.1, -0.05) is 18.2 Å². The van der Waals surface area contributed by atoms with E-state index in [9.17, 15) is 4.79 Å². The van der Waals surface area contributed by atoms with E-state index in [0.717, 1.165) is 36.6 Å². The van der Waals surface area contributed by atoms with Crippen molar-refractivity contribution in [3.8, 4) is 0 Å². The van der Waals surface area contributed by atoms with Gasteiger partial charge in [0, 0.05) is 38.3 Å². The molecule has 1 amide bonds. The number of methoxy groups -OCH3 is 1. The highest BCUT2D eigenvalue weighted by atomic mass is 35.5. The minimum absolute atomic E-state index is 0.0873. The van der Waals surface area contributed by atoms with Crippen LogP contribution < -0.4 is 5.32 Å². The van der Waals surface area contributed by atoms with Crippen molar-refractivity contribution >= 4 is 35.6 Å². The minimum atomic E-state index is 0.0873. The summed E-state index contributed by atoms with van der Waals surface area (Å²) in [7, 11) is 1.63. The van der Waals surface area contributed by atoms with Gasteiger partial charge in [0.05, 0.1) is 30.9 Å². The van der Waals surface area contributed by atoms with Gasteiger partial charge in [0.15, 0.2) is 0 Å². The number of anilines is 1. The Bertz CT molecular complexity index is 719. The van der Waals surface area contributed by atoms with E-state index in [2.05, 4.69) is 28.0 Å². The molecule has 0 radical (unpaired) electrons. The summed E-state index contributed by atoms with van der Waals surface area (Å²) in [5.74, 6) is 1.23. The van der Waals surface area contributed by atoms with Crippen LogP contribution in [0.3, 0.4) is 0 Å². The van der Waals surface area contributed by atoms with Crippen molar-refractivity contribution in [2.24, 2.45) is 4.99 Å². The van der Waals surface area contributed by atoms with Crippen LogP contribution in [0, 0.1) is 0 Å². The number of benzene rings is 1. The van der Waals surface area contributed by atoms with E-state index in [-0.39, 0.29) is 12.5 Å². The maximum absolute atomic E-state index is 12.6. The molecule has 7 heteroatoms. The molecule has 0 aromatic heterocycles. The largest absolute Gasteiger partial charge is 0.500 e. The smallest absolute Gasteiger partial charge is 0.241 e. The van der Waals surface area contributed by atoms with Gasteiger partial charge >= 0.3 is 0 Å². The van der Waals surface area contributed by atoms with Gasteiger partial charge in [-0.25, -0.2) is 0 Å². The van der Waals surface area contributed by atoms with Gasteiger partial charge in [0.2, 0.25) is 5.91 Å². The van der Waals surface area contributed by atoms with Crippen LogP contribution in [0.1, 0.15) is 13.3 Å². The van der Waals surface area contributed by atoms with Crippen LogP contribution in [-0.4, -0.2) is 68.1 Å². The number of halogens is 1. The number of alkyl halides is 1. The molecular formula is C21H29ClN4O2. The summed E-state index contributed by atoms with van der Waals surface area (Å²) in [6.07, 6.45) is 4.89. The van der Waals surface area contributed by atoms with Crippen LogP contribution in [0.5, 0.6) is 0 Å². The second kappa shape index (κ2) is 11.4. The Labute approximate surface area is 172 Å². The molecule has 1 aromatic carbocycles. The lowest BCUT2D eigenvalue weighted by Gasteiger charge is -2.37. The Hall–Kier alpha value is -2.47. The van der Waals surface area contributed by atoms with E-state index in [1.54, 1.807) is 7.11 Å². The molecule has 1 aromatic rings. The van der Waals surface area contributed by atoms with E-state index in [0.29, 0.717) is 19.0 Å². The van der Waals surface area contributed by atoms with Crippen molar-refractivity contribution in [3.05, 3.63) is 47.9 Å². The number of allylic oxidation sites excluding steroid dienone is 3. The summed E-state index contributed by atoms with van der Waals surface area (Å²) in [4.78, 5) is 20.7. The molecular weight excluding hydrogens is 376 g/mol. The van der Waals surface area contributed by atoms with Crippen molar-refractivity contribution in [2.75, 3.05) is 51.0 Å². The highest BCUT2D eigenvalue weighted by Crippen LogP contribution is 2.23. The lowest BCUT2D eigenvalue weighted by Crippen LogP contribution is -2.49. The maximum Gasteiger partial charge on any atom is 0.241 e. The van der Waals surface area contributed by atoms with Gasteiger partial charge in [-0.05, 0) is 31.9 Å². The number of hydrogen-bond acceptors (Lipinski definition) is 5. The molecule has 0 saturated carbocycles. The standard InChI is InChI=1S/C21H29ClN4O2/c1-4-17(9-10-18(15-22)28-3)25-11-13-26(14-12-25)21(27)16-24-20-8-6-5-7-19(20)23-2/h4-8,10,24H,2,9,11-16H2,1,3H3/b17-4+,18-10+. The van der Waals surface area contributed by atoms with Gasteiger partial charge in [-0.2, -0.15) is 0 Å². The minimum Gasteiger partial charge on any atom is -0.500 e. The summed E-state index contributed by atoms with van der Waals surface area (Å²) >= 11 is 5.84. The quantitative estimate of drug-likeness (QED) is 0.388. The number of carbonyl (C=O) groups is 1. The molecule has 0 spiro atoms. The number of aliphatic imine (C=N–C) groups is 1. The fraction of sp³-hybridized carbons (Fsp3) is 0.429. The molecule has 1 fully saturated rings. The number of piperazine rings is 1. The molecule has 1 aliphatic rings. The molecule has 1 heterocycles. The Morgan fingerprint density at radius 2 is 1.96 bits per heavy atom. The summed E-state index contributed by atoms with van der Waals surface area (Å²) < 4.78 is 5.22. The fourth-order valence-corrected chi connectivity index (χ4v) is 3.35. The molecule has 28 heavy (non-hydrogen) atoms. The van der Waals surface area contributed by atoms with Crippen LogP contribution in [0.2, 0.25) is 0 Å². The number of nitrogens with one attached hydrogen (secondary N) is 1. The highest BCUT2D eigenvalue weighted by Gasteiger charge is 2.21. The van der Waals surface area contributed by atoms with Gasteiger partial charge in [-0.3, -0.25) is 9.79 Å². The highest BCUT2D eigenvalue weighted by molar-refractivity contribution is 6.19. The lowest BCUT2D eigenvalue weighted by atomic mass is 10.2.